The van der Waals surface area contributed by atoms with Crippen molar-refractivity contribution in [2.45, 2.75) is 6.54 Å². The van der Waals surface area contributed by atoms with Gasteiger partial charge >= 0.3 is 5.69 Å². The quantitative estimate of drug-likeness (QED) is 0.472. The zero-order valence-electron chi connectivity index (χ0n) is 14.1. The first kappa shape index (κ1) is 17.1. The second-order valence-corrected chi connectivity index (χ2v) is 5.64. The Balaban J connectivity index is 1.80. The van der Waals surface area contributed by atoms with Crippen molar-refractivity contribution in [2.75, 3.05) is 0 Å². The van der Waals surface area contributed by atoms with Crippen molar-refractivity contribution in [1.29, 1.82) is 0 Å². The molecule has 0 aliphatic carbocycles. The first-order valence-corrected chi connectivity index (χ1v) is 7.60. The summed E-state index contributed by atoms with van der Waals surface area (Å²) in [5, 5.41) is 13.2. The summed E-state index contributed by atoms with van der Waals surface area (Å²) < 4.78 is 3.56. The van der Waals surface area contributed by atoms with Crippen LogP contribution in [0.3, 0.4) is 0 Å². The number of carbonyl (C=O) groups excluding carboxylic acids is 1. The topological polar surface area (TPSA) is 124 Å². The van der Waals surface area contributed by atoms with Gasteiger partial charge in [-0.2, -0.15) is 5.10 Å². The summed E-state index contributed by atoms with van der Waals surface area (Å²) in [6.45, 7) is -0.193. The third-order valence-corrected chi connectivity index (χ3v) is 3.80. The van der Waals surface area contributed by atoms with Crippen LogP contribution in [0.4, 0.5) is 0 Å². The molecule has 1 aromatic carbocycles. The zero-order valence-corrected chi connectivity index (χ0v) is 14.1. The molecule has 0 aliphatic rings. The van der Waals surface area contributed by atoms with Crippen molar-refractivity contribution in [1.82, 2.24) is 24.1 Å². The monoisotopic (exact) mass is 356 g/mol. The maximum Gasteiger partial charge on any atom is 0.332 e. The summed E-state index contributed by atoms with van der Waals surface area (Å²) in [4.78, 5) is 40.3. The average Bonchev–Trinajstić information content (AvgIpc) is 3.02. The molecular formula is C16H16N6O4. The van der Waals surface area contributed by atoms with Crippen molar-refractivity contribution < 1.29 is 9.90 Å². The molecule has 0 spiro atoms. The SMILES string of the molecule is Cn1c(=O)c2c(ncn2CC(=O)NN=Cc2cccc(O)c2)n(C)c1=O. The number of phenols is 1. The number of carbonyl (C=O) groups is 1. The lowest BCUT2D eigenvalue weighted by molar-refractivity contribution is -0.121. The second-order valence-electron chi connectivity index (χ2n) is 5.64. The summed E-state index contributed by atoms with van der Waals surface area (Å²) in [5.41, 5.74) is 2.28. The van der Waals surface area contributed by atoms with Crippen LogP contribution >= 0.6 is 0 Å². The minimum Gasteiger partial charge on any atom is -0.508 e. The Morgan fingerprint density at radius 2 is 2.08 bits per heavy atom. The van der Waals surface area contributed by atoms with Gasteiger partial charge in [0.05, 0.1) is 12.5 Å². The number of phenolic OH excluding ortho intramolecular Hbond substituents is 1. The van der Waals surface area contributed by atoms with Crippen molar-refractivity contribution in [3.8, 4) is 5.75 Å². The molecule has 134 valence electrons. The highest BCUT2D eigenvalue weighted by Crippen LogP contribution is 2.08. The molecule has 0 atom stereocenters. The van der Waals surface area contributed by atoms with E-state index in [0.717, 1.165) is 4.57 Å². The Morgan fingerprint density at radius 3 is 2.81 bits per heavy atom. The zero-order chi connectivity index (χ0) is 18.8. The highest BCUT2D eigenvalue weighted by molar-refractivity contribution is 5.83. The van der Waals surface area contributed by atoms with Gasteiger partial charge in [-0.3, -0.25) is 18.7 Å². The molecule has 26 heavy (non-hydrogen) atoms. The number of hydrazone groups is 1. The predicted molar refractivity (Wildman–Crippen MR) is 94.1 cm³/mol. The van der Waals surface area contributed by atoms with Crippen LogP contribution in [0.2, 0.25) is 0 Å². The first-order valence-electron chi connectivity index (χ1n) is 7.60. The lowest BCUT2D eigenvalue weighted by Gasteiger charge is -2.06. The van der Waals surface area contributed by atoms with Crippen molar-refractivity contribution in [3.05, 3.63) is 57.0 Å². The molecule has 0 saturated heterocycles. The van der Waals surface area contributed by atoms with Gasteiger partial charge in [0.1, 0.15) is 12.3 Å². The van der Waals surface area contributed by atoms with E-state index in [4.69, 9.17) is 0 Å². The molecule has 2 aromatic heterocycles. The number of aryl methyl sites for hydroxylation is 1. The molecule has 10 nitrogen and oxygen atoms in total. The van der Waals surface area contributed by atoms with E-state index in [0.29, 0.717) is 5.56 Å². The van der Waals surface area contributed by atoms with E-state index in [9.17, 15) is 19.5 Å². The Labute approximate surface area is 146 Å². The van der Waals surface area contributed by atoms with Crippen LogP contribution in [-0.4, -0.2) is 35.9 Å². The molecule has 2 heterocycles. The molecule has 3 rings (SSSR count). The molecule has 0 fully saturated rings. The molecule has 3 aromatic rings. The van der Waals surface area contributed by atoms with E-state index < -0.39 is 17.2 Å². The largest absolute Gasteiger partial charge is 0.508 e. The van der Waals surface area contributed by atoms with E-state index >= 15 is 0 Å². The summed E-state index contributed by atoms with van der Waals surface area (Å²) in [7, 11) is 2.86. The van der Waals surface area contributed by atoms with Gasteiger partial charge in [-0.05, 0) is 17.7 Å². The molecular weight excluding hydrogens is 340 g/mol. The molecule has 1 amide bonds. The van der Waals surface area contributed by atoms with Crippen molar-refractivity contribution >= 4 is 23.3 Å². The average molecular weight is 356 g/mol. The highest BCUT2D eigenvalue weighted by atomic mass is 16.3. The summed E-state index contributed by atoms with van der Waals surface area (Å²) in [6.07, 6.45) is 2.70. The lowest BCUT2D eigenvalue weighted by Crippen LogP contribution is -2.38. The van der Waals surface area contributed by atoms with E-state index in [1.165, 1.54) is 47.9 Å². The normalized spacial score (nSPS) is 11.3. The van der Waals surface area contributed by atoms with Crippen LogP contribution in [0.5, 0.6) is 5.75 Å². The predicted octanol–water partition coefficient (Wildman–Crippen LogP) is -0.710. The number of amides is 1. The van der Waals surface area contributed by atoms with Gasteiger partial charge in [0, 0.05) is 14.1 Å². The molecule has 10 heteroatoms. The fourth-order valence-corrected chi connectivity index (χ4v) is 2.49. The number of imidazole rings is 1. The van der Waals surface area contributed by atoms with Gasteiger partial charge in [-0.1, -0.05) is 12.1 Å². The molecule has 0 radical (unpaired) electrons. The maximum absolute atomic E-state index is 12.3. The standard InChI is InChI=1S/C16H16N6O4/c1-20-14-13(15(25)21(2)16(20)26)22(9-17-14)8-12(24)19-18-7-10-4-3-5-11(23)6-10/h3-7,9,23H,8H2,1-2H3,(H,19,24). The van der Waals surface area contributed by atoms with Gasteiger partial charge in [-0.25, -0.2) is 15.2 Å². The van der Waals surface area contributed by atoms with Crippen LogP contribution in [-0.2, 0) is 25.4 Å². The minimum absolute atomic E-state index is 0.0895. The number of benzene rings is 1. The Kier molecular flexibility index (Phi) is 4.40. The number of aromatic hydroxyl groups is 1. The third kappa shape index (κ3) is 3.11. The van der Waals surface area contributed by atoms with E-state index in [1.54, 1.807) is 12.1 Å². The van der Waals surface area contributed by atoms with Crippen LogP contribution in [0.25, 0.3) is 11.2 Å². The number of nitrogens with zero attached hydrogens (tertiary/aromatic N) is 5. The number of hydrogen-bond acceptors (Lipinski definition) is 6. The Morgan fingerprint density at radius 1 is 1.31 bits per heavy atom. The highest BCUT2D eigenvalue weighted by Gasteiger charge is 2.15. The van der Waals surface area contributed by atoms with Gasteiger partial charge in [0.25, 0.3) is 11.5 Å². The lowest BCUT2D eigenvalue weighted by atomic mass is 10.2. The van der Waals surface area contributed by atoms with Crippen molar-refractivity contribution in [2.24, 2.45) is 19.2 Å². The number of aromatic nitrogens is 4. The number of rotatable bonds is 4. The van der Waals surface area contributed by atoms with E-state index in [1.807, 2.05) is 0 Å². The van der Waals surface area contributed by atoms with Crippen LogP contribution in [0, 0.1) is 0 Å². The summed E-state index contributed by atoms with van der Waals surface area (Å²) in [6, 6.07) is 6.37. The maximum atomic E-state index is 12.3. The number of hydrogen-bond donors (Lipinski definition) is 2. The minimum atomic E-state index is -0.531. The number of fused-ring (bicyclic) bond motifs is 1. The molecule has 0 saturated carbocycles. The third-order valence-electron chi connectivity index (χ3n) is 3.80. The first-order chi connectivity index (χ1) is 12.4. The van der Waals surface area contributed by atoms with Crippen LogP contribution in [0.1, 0.15) is 5.56 Å². The van der Waals surface area contributed by atoms with Gasteiger partial charge < -0.3 is 9.67 Å². The van der Waals surface area contributed by atoms with Gasteiger partial charge in [0.2, 0.25) is 0 Å². The summed E-state index contributed by atoms with van der Waals surface area (Å²) >= 11 is 0. The van der Waals surface area contributed by atoms with Gasteiger partial charge in [0.15, 0.2) is 11.2 Å². The van der Waals surface area contributed by atoms with Crippen LogP contribution in [0.15, 0.2) is 45.3 Å². The number of nitrogens with one attached hydrogen (secondary N) is 1. The van der Waals surface area contributed by atoms with E-state index in [2.05, 4.69) is 15.5 Å². The second kappa shape index (κ2) is 6.67. The molecule has 2 N–H and O–H groups in total. The Hall–Kier alpha value is -3.69. The van der Waals surface area contributed by atoms with E-state index in [-0.39, 0.29) is 23.5 Å². The molecule has 0 bridgehead atoms. The smallest absolute Gasteiger partial charge is 0.332 e. The van der Waals surface area contributed by atoms with Crippen LogP contribution < -0.4 is 16.7 Å². The Bertz CT molecular complexity index is 1140. The summed E-state index contributed by atoms with van der Waals surface area (Å²) in [5.74, 6) is -0.386. The fraction of sp³-hybridized carbons (Fsp3) is 0.188. The molecule has 0 unspecified atom stereocenters. The van der Waals surface area contributed by atoms with Gasteiger partial charge in [-0.15, -0.1) is 0 Å². The van der Waals surface area contributed by atoms with Crippen molar-refractivity contribution in [3.63, 3.8) is 0 Å². The molecule has 0 aliphatic heterocycles. The fourth-order valence-electron chi connectivity index (χ4n) is 2.49.